The monoisotopic (exact) mass is 739 g/mol. The van der Waals surface area contributed by atoms with E-state index in [1.807, 2.05) is 0 Å². The molecule has 0 spiro atoms. The zero-order chi connectivity index (χ0) is 38.4. The lowest BCUT2D eigenvalue weighted by atomic mass is 9.96. The summed E-state index contributed by atoms with van der Waals surface area (Å²) in [6.07, 6.45) is 0. The van der Waals surface area contributed by atoms with E-state index in [4.69, 9.17) is 4.42 Å². The molecule has 0 N–H and O–H groups in total. The number of hydrogen-bond acceptors (Lipinski definition) is 2. The number of fused-ring (bicyclic) bond motifs is 6. The fourth-order valence-corrected chi connectivity index (χ4v) is 8.57. The van der Waals surface area contributed by atoms with Crippen LogP contribution < -0.4 is 4.90 Å². The van der Waals surface area contributed by atoms with Gasteiger partial charge in [-0.25, -0.2) is 0 Å². The molecule has 2 nitrogen and oxygen atoms in total. The predicted molar refractivity (Wildman–Crippen MR) is 245 cm³/mol. The van der Waals surface area contributed by atoms with Crippen LogP contribution in [0.5, 0.6) is 0 Å². The van der Waals surface area contributed by atoms with E-state index in [0.717, 1.165) is 55.5 Å². The standard InChI is InChI=1S/C56H37NO/c1-2-11-38(12-3-1)40-25-31-46(32-26-40)57(47-33-27-41(28-34-47)39-21-23-44(24-22-39)49-19-10-15-42-13-4-6-16-48(42)49)54-20-9-8-17-50(54)45-30-36-55-53(37-45)52-35-29-43-14-5-7-18-51(43)56(52)58-55/h1-37H. The van der Waals surface area contributed by atoms with E-state index in [2.05, 4.69) is 229 Å². The van der Waals surface area contributed by atoms with E-state index in [1.165, 1.54) is 49.5 Å². The maximum atomic E-state index is 6.50. The highest BCUT2D eigenvalue weighted by Crippen LogP contribution is 2.44. The molecule has 0 aliphatic rings. The van der Waals surface area contributed by atoms with Crippen molar-refractivity contribution in [3.8, 4) is 44.5 Å². The van der Waals surface area contributed by atoms with Crippen LogP contribution in [0.3, 0.4) is 0 Å². The average molecular weight is 740 g/mol. The molecule has 10 aromatic carbocycles. The van der Waals surface area contributed by atoms with Crippen LogP contribution in [0.15, 0.2) is 229 Å². The second-order valence-corrected chi connectivity index (χ2v) is 14.9. The fraction of sp³-hybridized carbons (Fsp3) is 0. The summed E-state index contributed by atoms with van der Waals surface area (Å²) in [6, 6.07) is 80.6. The minimum absolute atomic E-state index is 0.890. The number of benzene rings is 10. The van der Waals surface area contributed by atoms with Gasteiger partial charge in [-0.1, -0.05) is 176 Å². The molecule has 0 saturated carbocycles. The largest absolute Gasteiger partial charge is 0.455 e. The summed E-state index contributed by atoms with van der Waals surface area (Å²) in [5.41, 5.74) is 14.6. The van der Waals surface area contributed by atoms with Crippen molar-refractivity contribution in [3.05, 3.63) is 224 Å². The molecule has 2 heteroatoms. The number of furan rings is 1. The van der Waals surface area contributed by atoms with Crippen LogP contribution in [0.4, 0.5) is 17.1 Å². The lowest BCUT2D eigenvalue weighted by molar-refractivity contribution is 0.672. The quantitative estimate of drug-likeness (QED) is 0.162. The van der Waals surface area contributed by atoms with Crippen molar-refractivity contribution in [1.82, 2.24) is 0 Å². The van der Waals surface area contributed by atoms with Crippen LogP contribution in [0.25, 0.3) is 88.0 Å². The van der Waals surface area contributed by atoms with E-state index >= 15 is 0 Å². The van der Waals surface area contributed by atoms with Gasteiger partial charge in [-0.05, 0) is 104 Å². The second kappa shape index (κ2) is 14.1. The van der Waals surface area contributed by atoms with Crippen molar-refractivity contribution in [3.63, 3.8) is 0 Å². The van der Waals surface area contributed by atoms with Gasteiger partial charge in [-0.15, -0.1) is 0 Å². The first-order valence-electron chi connectivity index (χ1n) is 19.8. The molecular formula is C56H37NO. The lowest BCUT2D eigenvalue weighted by Crippen LogP contribution is -2.11. The van der Waals surface area contributed by atoms with Crippen molar-refractivity contribution in [2.45, 2.75) is 0 Å². The van der Waals surface area contributed by atoms with Gasteiger partial charge in [-0.3, -0.25) is 0 Å². The Morgan fingerprint density at radius 1 is 0.293 bits per heavy atom. The van der Waals surface area contributed by atoms with Gasteiger partial charge >= 0.3 is 0 Å². The molecule has 0 saturated heterocycles. The molecule has 0 amide bonds. The molecule has 0 unspecified atom stereocenters. The number of para-hydroxylation sites is 1. The Kier molecular flexibility index (Phi) is 8.19. The van der Waals surface area contributed by atoms with E-state index in [1.54, 1.807) is 0 Å². The Labute approximate surface area is 337 Å². The number of anilines is 3. The van der Waals surface area contributed by atoms with E-state index in [9.17, 15) is 0 Å². The van der Waals surface area contributed by atoms with Gasteiger partial charge in [0, 0.05) is 33.1 Å². The van der Waals surface area contributed by atoms with E-state index in [-0.39, 0.29) is 0 Å². The highest BCUT2D eigenvalue weighted by atomic mass is 16.3. The van der Waals surface area contributed by atoms with Crippen LogP contribution in [0.2, 0.25) is 0 Å². The molecule has 0 aliphatic carbocycles. The minimum atomic E-state index is 0.890. The van der Waals surface area contributed by atoms with Gasteiger partial charge in [0.05, 0.1) is 5.69 Å². The van der Waals surface area contributed by atoms with Gasteiger partial charge in [0.25, 0.3) is 0 Å². The first-order chi connectivity index (χ1) is 28.7. The molecule has 1 heterocycles. The second-order valence-electron chi connectivity index (χ2n) is 14.9. The molecule has 0 fully saturated rings. The summed E-state index contributed by atoms with van der Waals surface area (Å²) in [6.45, 7) is 0. The molecule has 272 valence electrons. The third kappa shape index (κ3) is 5.91. The molecule has 11 aromatic rings. The third-order valence-corrected chi connectivity index (χ3v) is 11.5. The van der Waals surface area contributed by atoms with E-state index < -0.39 is 0 Å². The van der Waals surface area contributed by atoms with Gasteiger partial charge in [0.15, 0.2) is 0 Å². The Morgan fingerprint density at radius 3 is 1.53 bits per heavy atom. The van der Waals surface area contributed by atoms with E-state index in [0.29, 0.717) is 0 Å². The summed E-state index contributed by atoms with van der Waals surface area (Å²) in [5, 5.41) is 7.07. The topological polar surface area (TPSA) is 16.4 Å². The van der Waals surface area contributed by atoms with Crippen molar-refractivity contribution in [1.29, 1.82) is 0 Å². The third-order valence-electron chi connectivity index (χ3n) is 11.5. The van der Waals surface area contributed by atoms with Crippen molar-refractivity contribution >= 4 is 60.5 Å². The van der Waals surface area contributed by atoms with Gasteiger partial charge in [0.2, 0.25) is 0 Å². The molecule has 11 rings (SSSR count). The zero-order valence-corrected chi connectivity index (χ0v) is 31.7. The smallest absolute Gasteiger partial charge is 0.143 e. The molecule has 58 heavy (non-hydrogen) atoms. The number of nitrogens with zero attached hydrogens (tertiary/aromatic N) is 1. The van der Waals surface area contributed by atoms with Crippen LogP contribution in [0.1, 0.15) is 0 Å². The van der Waals surface area contributed by atoms with Crippen molar-refractivity contribution in [2.75, 3.05) is 4.90 Å². The van der Waals surface area contributed by atoms with Crippen LogP contribution in [0, 0.1) is 0 Å². The van der Waals surface area contributed by atoms with Gasteiger partial charge in [0.1, 0.15) is 11.2 Å². The lowest BCUT2D eigenvalue weighted by Gasteiger charge is -2.28. The summed E-state index contributed by atoms with van der Waals surface area (Å²) < 4.78 is 6.50. The zero-order valence-electron chi connectivity index (χ0n) is 31.7. The summed E-state index contributed by atoms with van der Waals surface area (Å²) in [4.78, 5) is 2.38. The normalized spacial score (nSPS) is 11.4. The van der Waals surface area contributed by atoms with Gasteiger partial charge < -0.3 is 9.32 Å². The van der Waals surface area contributed by atoms with Crippen LogP contribution in [-0.4, -0.2) is 0 Å². The summed E-state index contributed by atoms with van der Waals surface area (Å²) in [5.74, 6) is 0. The fourth-order valence-electron chi connectivity index (χ4n) is 8.57. The molecule has 0 aliphatic heterocycles. The summed E-state index contributed by atoms with van der Waals surface area (Å²) >= 11 is 0. The SMILES string of the molecule is c1ccc(-c2ccc(N(c3ccc(-c4ccc(-c5cccc6ccccc56)cc4)cc3)c3ccccc3-c3ccc4oc5c6ccccc6ccc5c4c3)cc2)cc1. The molecule has 0 atom stereocenters. The molecule has 0 bridgehead atoms. The maximum Gasteiger partial charge on any atom is 0.143 e. The van der Waals surface area contributed by atoms with Gasteiger partial charge in [-0.2, -0.15) is 0 Å². The highest BCUT2D eigenvalue weighted by Gasteiger charge is 2.19. The average Bonchev–Trinajstić information content (AvgIpc) is 3.69. The Morgan fingerprint density at radius 2 is 0.810 bits per heavy atom. The number of rotatable bonds is 7. The van der Waals surface area contributed by atoms with Crippen LogP contribution in [-0.2, 0) is 0 Å². The van der Waals surface area contributed by atoms with Crippen LogP contribution >= 0.6 is 0 Å². The maximum absolute atomic E-state index is 6.50. The minimum Gasteiger partial charge on any atom is -0.455 e. The van der Waals surface area contributed by atoms with Crippen molar-refractivity contribution < 1.29 is 4.42 Å². The Balaban J connectivity index is 0.997. The Hall–Kier alpha value is -7.68. The molecular weight excluding hydrogens is 703 g/mol. The Bertz CT molecular complexity index is 3250. The molecule has 1 aromatic heterocycles. The summed E-state index contributed by atoms with van der Waals surface area (Å²) in [7, 11) is 0. The highest BCUT2D eigenvalue weighted by molar-refractivity contribution is 6.15. The first kappa shape index (κ1) is 33.6. The first-order valence-corrected chi connectivity index (χ1v) is 19.8. The molecule has 0 radical (unpaired) electrons. The predicted octanol–water partition coefficient (Wildman–Crippen LogP) is 16.0. The van der Waals surface area contributed by atoms with Crippen molar-refractivity contribution in [2.24, 2.45) is 0 Å². The number of hydrogen-bond donors (Lipinski definition) is 0.